The number of primary amides is 1. The van der Waals surface area contributed by atoms with Crippen molar-refractivity contribution in [3.05, 3.63) is 53.1 Å². The molecule has 1 aliphatic carbocycles. The van der Waals surface area contributed by atoms with Gasteiger partial charge in [0.2, 0.25) is 5.91 Å². The Hall–Kier alpha value is -1.83. The Morgan fingerprint density at radius 3 is 2.87 bits per heavy atom. The molecule has 0 aromatic heterocycles. The van der Waals surface area contributed by atoms with Gasteiger partial charge in [-0.05, 0) is 18.1 Å². The van der Waals surface area contributed by atoms with E-state index in [-0.39, 0.29) is 11.8 Å². The van der Waals surface area contributed by atoms with Crippen molar-refractivity contribution >= 4 is 12.0 Å². The van der Waals surface area contributed by atoms with Gasteiger partial charge in [0.15, 0.2) is 0 Å². The molecule has 1 unspecified atom stereocenters. The van der Waals surface area contributed by atoms with Gasteiger partial charge in [-0.25, -0.2) is 0 Å². The molecule has 0 spiro atoms. The van der Waals surface area contributed by atoms with Crippen LogP contribution in [0.2, 0.25) is 0 Å². The van der Waals surface area contributed by atoms with Gasteiger partial charge < -0.3 is 5.73 Å². The zero-order valence-corrected chi connectivity index (χ0v) is 8.60. The van der Waals surface area contributed by atoms with Crippen LogP contribution in [0.5, 0.6) is 0 Å². The Labute approximate surface area is 89.1 Å². The molecule has 0 bridgehead atoms. The summed E-state index contributed by atoms with van der Waals surface area (Å²) in [6.45, 7) is 1.75. The third-order valence-electron chi connectivity index (χ3n) is 2.66. The summed E-state index contributed by atoms with van der Waals surface area (Å²) < 4.78 is 0. The predicted molar refractivity (Wildman–Crippen MR) is 61.2 cm³/mol. The number of rotatable bonds is 2. The summed E-state index contributed by atoms with van der Waals surface area (Å²) >= 11 is 0. The van der Waals surface area contributed by atoms with Crippen LogP contribution >= 0.6 is 0 Å². The van der Waals surface area contributed by atoms with Crippen molar-refractivity contribution < 1.29 is 4.79 Å². The Morgan fingerprint density at radius 2 is 2.13 bits per heavy atom. The lowest BCUT2D eigenvalue weighted by Gasteiger charge is -2.06. The molecule has 1 aliphatic rings. The van der Waals surface area contributed by atoms with Crippen LogP contribution in [0.1, 0.15) is 24.0 Å². The van der Waals surface area contributed by atoms with Gasteiger partial charge in [0.25, 0.3) is 0 Å². The molecule has 0 saturated heterocycles. The summed E-state index contributed by atoms with van der Waals surface area (Å²) in [5.41, 5.74) is 8.27. The van der Waals surface area contributed by atoms with E-state index in [9.17, 15) is 4.79 Å². The van der Waals surface area contributed by atoms with Gasteiger partial charge in [-0.2, -0.15) is 0 Å². The van der Waals surface area contributed by atoms with Crippen molar-refractivity contribution in [3.8, 4) is 0 Å². The van der Waals surface area contributed by atoms with E-state index < -0.39 is 0 Å². The minimum absolute atomic E-state index is 0.189. The van der Waals surface area contributed by atoms with Gasteiger partial charge in [0.05, 0.1) is 0 Å². The van der Waals surface area contributed by atoms with Crippen LogP contribution in [0.15, 0.2) is 42.0 Å². The molecular weight excluding hydrogens is 186 g/mol. The smallest absolute Gasteiger partial charge is 0.244 e. The fourth-order valence-electron chi connectivity index (χ4n) is 1.77. The summed E-state index contributed by atoms with van der Waals surface area (Å²) in [6.07, 6.45) is 6.06. The van der Waals surface area contributed by atoms with Crippen LogP contribution in [0.3, 0.4) is 0 Å². The number of fused-ring (bicyclic) bond motifs is 1. The average molecular weight is 199 g/mol. The normalized spacial score (nSPS) is 19.0. The maximum absolute atomic E-state index is 10.9. The van der Waals surface area contributed by atoms with E-state index in [4.69, 9.17) is 5.73 Å². The molecule has 0 fully saturated rings. The molecule has 1 aromatic carbocycles. The van der Waals surface area contributed by atoms with Crippen molar-refractivity contribution in [2.75, 3.05) is 0 Å². The van der Waals surface area contributed by atoms with Crippen molar-refractivity contribution in [3.63, 3.8) is 0 Å². The lowest BCUT2D eigenvalue weighted by Crippen LogP contribution is -2.12. The molecule has 1 amide bonds. The molecular formula is C13H13NO. The first-order chi connectivity index (χ1) is 7.18. The second-order valence-corrected chi connectivity index (χ2v) is 3.73. The summed E-state index contributed by atoms with van der Waals surface area (Å²) in [5, 5.41) is 0. The predicted octanol–water partition coefficient (Wildman–Crippen LogP) is 2.23. The van der Waals surface area contributed by atoms with Gasteiger partial charge >= 0.3 is 0 Å². The molecule has 2 rings (SSSR count). The summed E-state index contributed by atoms with van der Waals surface area (Å²) in [5.74, 6) is -0.165. The maximum Gasteiger partial charge on any atom is 0.244 e. The van der Waals surface area contributed by atoms with E-state index in [1.807, 2.05) is 18.2 Å². The lowest BCUT2D eigenvalue weighted by molar-refractivity contribution is -0.114. The lowest BCUT2D eigenvalue weighted by atomic mass is 9.98. The van der Waals surface area contributed by atoms with Crippen LogP contribution < -0.4 is 5.73 Å². The molecule has 0 aliphatic heterocycles. The first kappa shape index (κ1) is 9.71. The topological polar surface area (TPSA) is 43.1 Å². The highest BCUT2D eigenvalue weighted by Gasteiger charge is 2.14. The molecule has 76 valence electrons. The van der Waals surface area contributed by atoms with E-state index in [0.29, 0.717) is 5.57 Å². The SMILES string of the molecule is C/C(=C\C1C=Cc2ccccc21)C(N)=O. The highest BCUT2D eigenvalue weighted by molar-refractivity contribution is 5.91. The Bertz CT molecular complexity index is 457. The molecule has 0 radical (unpaired) electrons. The third-order valence-corrected chi connectivity index (χ3v) is 2.66. The zero-order chi connectivity index (χ0) is 10.8. The van der Waals surface area contributed by atoms with Gasteiger partial charge in [-0.1, -0.05) is 42.5 Å². The number of benzene rings is 1. The van der Waals surface area contributed by atoms with E-state index in [1.54, 1.807) is 6.92 Å². The molecule has 15 heavy (non-hydrogen) atoms. The monoisotopic (exact) mass is 199 g/mol. The Morgan fingerprint density at radius 1 is 1.40 bits per heavy atom. The highest BCUT2D eigenvalue weighted by atomic mass is 16.1. The van der Waals surface area contributed by atoms with E-state index in [1.165, 1.54) is 11.1 Å². The number of hydrogen-bond donors (Lipinski definition) is 1. The van der Waals surface area contributed by atoms with E-state index in [0.717, 1.165) is 0 Å². The fraction of sp³-hybridized carbons (Fsp3) is 0.154. The summed E-state index contributed by atoms with van der Waals surface area (Å²) in [7, 11) is 0. The van der Waals surface area contributed by atoms with Gasteiger partial charge in [0, 0.05) is 11.5 Å². The standard InChI is InChI=1S/C13H13NO/c1-9(13(14)15)8-11-7-6-10-4-2-3-5-12(10)11/h2-8,11H,1H3,(H2,14,15)/b9-8+. The van der Waals surface area contributed by atoms with Crippen LogP contribution in [0.25, 0.3) is 6.08 Å². The number of amides is 1. The highest BCUT2D eigenvalue weighted by Crippen LogP contribution is 2.31. The van der Waals surface area contributed by atoms with Crippen LogP contribution in [0, 0.1) is 0 Å². The van der Waals surface area contributed by atoms with Crippen molar-refractivity contribution in [2.24, 2.45) is 5.73 Å². The second-order valence-electron chi connectivity index (χ2n) is 3.73. The van der Waals surface area contributed by atoms with Crippen LogP contribution in [-0.2, 0) is 4.79 Å². The molecule has 0 heterocycles. The largest absolute Gasteiger partial charge is 0.366 e. The number of carbonyl (C=O) groups is 1. The first-order valence-corrected chi connectivity index (χ1v) is 4.94. The first-order valence-electron chi connectivity index (χ1n) is 4.94. The zero-order valence-electron chi connectivity index (χ0n) is 8.60. The third kappa shape index (κ3) is 1.84. The minimum atomic E-state index is -0.354. The van der Waals surface area contributed by atoms with Gasteiger partial charge in [-0.15, -0.1) is 0 Å². The van der Waals surface area contributed by atoms with Crippen molar-refractivity contribution in [1.29, 1.82) is 0 Å². The fourth-order valence-corrected chi connectivity index (χ4v) is 1.77. The van der Waals surface area contributed by atoms with Crippen molar-refractivity contribution in [2.45, 2.75) is 12.8 Å². The number of hydrogen-bond acceptors (Lipinski definition) is 1. The van der Waals surface area contributed by atoms with Crippen LogP contribution in [0.4, 0.5) is 0 Å². The van der Waals surface area contributed by atoms with E-state index in [2.05, 4.69) is 24.3 Å². The van der Waals surface area contributed by atoms with Gasteiger partial charge in [-0.3, -0.25) is 4.79 Å². The average Bonchev–Trinajstić information content (AvgIpc) is 2.62. The molecule has 1 aromatic rings. The molecule has 2 nitrogen and oxygen atoms in total. The van der Waals surface area contributed by atoms with Crippen LogP contribution in [-0.4, -0.2) is 5.91 Å². The molecule has 2 N–H and O–H groups in total. The second kappa shape index (κ2) is 3.73. The number of carbonyl (C=O) groups excluding carboxylic acids is 1. The molecule has 0 saturated carbocycles. The Balaban J connectivity index is 2.33. The summed E-state index contributed by atoms with van der Waals surface area (Å²) in [4.78, 5) is 10.9. The quantitative estimate of drug-likeness (QED) is 0.729. The van der Waals surface area contributed by atoms with E-state index >= 15 is 0 Å². The van der Waals surface area contributed by atoms with Gasteiger partial charge in [0.1, 0.15) is 0 Å². The number of allylic oxidation sites excluding steroid dienone is 2. The molecule has 2 heteroatoms. The maximum atomic E-state index is 10.9. The summed E-state index contributed by atoms with van der Waals surface area (Å²) in [6, 6.07) is 8.16. The number of nitrogens with two attached hydrogens (primary N) is 1. The Kier molecular flexibility index (Phi) is 2.42. The minimum Gasteiger partial charge on any atom is -0.366 e. The van der Waals surface area contributed by atoms with Crippen molar-refractivity contribution in [1.82, 2.24) is 0 Å². The molecule has 1 atom stereocenters.